The van der Waals surface area contributed by atoms with E-state index in [1.807, 2.05) is 30.3 Å². The molecule has 7 heteroatoms. The van der Waals surface area contributed by atoms with Gasteiger partial charge >= 0.3 is 12.1 Å². The number of ether oxygens (including phenoxy) is 1. The molecule has 0 bridgehead atoms. The molecule has 0 fully saturated rings. The summed E-state index contributed by atoms with van der Waals surface area (Å²) in [4.78, 5) is 16.7. The van der Waals surface area contributed by atoms with Gasteiger partial charge in [-0.2, -0.15) is 13.2 Å². The molecule has 0 atom stereocenters. The Morgan fingerprint density at radius 3 is 2.22 bits per heavy atom. The molecule has 3 aromatic rings. The van der Waals surface area contributed by atoms with Crippen LogP contribution in [0.15, 0.2) is 54.6 Å². The zero-order valence-electron chi connectivity index (χ0n) is 14.7. The lowest BCUT2D eigenvalue weighted by Crippen LogP contribution is -2.07. The molecule has 4 nitrogen and oxygen atoms in total. The fourth-order valence-electron chi connectivity index (χ4n) is 2.83. The van der Waals surface area contributed by atoms with E-state index in [-0.39, 0.29) is 12.3 Å². The Bertz CT molecular complexity index is 946. The number of hydrogen-bond donors (Lipinski definition) is 0. The van der Waals surface area contributed by atoms with Gasteiger partial charge in [0.25, 0.3) is 0 Å². The van der Waals surface area contributed by atoms with Gasteiger partial charge in [0.1, 0.15) is 5.82 Å². The fraction of sp³-hybridized carbons (Fsp3) is 0.200. The van der Waals surface area contributed by atoms with E-state index in [0.29, 0.717) is 17.1 Å². The van der Waals surface area contributed by atoms with Crippen molar-refractivity contribution in [2.75, 3.05) is 6.61 Å². The van der Waals surface area contributed by atoms with Gasteiger partial charge in [0.05, 0.1) is 17.9 Å². The normalized spacial score (nSPS) is 11.4. The molecule has 3 rings (SSSR count). The first kappa shape index (κ1) is 18.7. The van der Waals surface area contributed by atoms with E-state index in [0.717, 1.165) is 17.7 Å². The summed E-state index contributed by atoms with van der Waals surface area (Å²) in [6.07, 6.45) is -4.41. The molecule has 0 radical (unpaired) electrons. The quantitative estimate of drug-likeness (QED) is 0.607. The van der Waals surface area contributed by atoms with Crippen LogP contribution in [0.2, 0.25) is 0 Å². The van der Waals surface area contributed by atoms with Gasteiger partial charge in [-0.05, 0) is 19.1 Å². The molecule has 0 aliphatic heterocycles. The van der Waals surface area contributed by atoms with Crippen molar-refractivity contribution >= 4 is 5.97 Å². The lowest BCUT2D eigenvalue weighted by atomic mass is 10.1. The number of halogens is 3. The number of carbonyl (C=O) groups is 1. The molecule has 0 aliphatic carbocycles. The largest absolute Gasteiger partial charge is 0.461 e. The van der Waals surface area contributed by atoms with Crippen molar-refractivity contribution in [3.05, 3.63) is 65.9 Å². The van der Waals surface area contributed by atoms with Crippen molar-refractivity contribution in [1.82, 2.24) is 9.55 Å². The number of imidazole rings is 1. The molecule has 1 heterocycles. The van der Waals surface area contributed by atoms with E-state index in [1.165, 1.54) is 12.1 Å². The molecule has 0 aliphatic rings. The van der Waals surface area contributed by atoms with E-state index < -0.39 is 17.7 Å². The Morgan fingerprint density at radius 2 is 1.67 bits per heavy atom. The first-order valence-electron chi connectivity index (χ1n) is 8.29. The van der Waals surface area contributed by atoms with Gasteiger partial charge < -0.3 is 9.30 Å². The minimum absolute atomic E-state index is 0.125. The summed E-state index contributed by atoms with van der Waals surface area (Å²) in [5, 5.41) is 0. The third-order valence-electron chi connectivity index (χ3n) is 4.08. The monoisotopic (exact) mass is 374 g/mol. The number of alkyl halides is 3. The van der Waals surface area contributed by atoms with E-state index in [2.05, 4.69) is 4.98 Å². The molecular weight excluding hydrogens is 357 g/mol. The predicted octanol–water partition coefficient (Wildman–Crippen LogP) is 4.95. The Balaban J connectivity index is 2.13. The van der Waals surface area contributed by atoms with E-state index >= 15 is 0 Å². The fourth-order valence-corrected chi connectivity index (χ4v) is 2.83. The lowest BCUT2D eigenvalue weighted by Gasteiger charge is -2.09. The Morgan fingerprint density at radius 1 is 1.04 bits per heavy atom. The maximum atomic E-state index is 12.8. The molecule has 27 heavy (non-hydrogen) atoms. The van der Waals surface area contributed by atoms with Crippen LogP contribution in [0.25, 0.3) is 22.6 Å². The van der Waals surface area contributed by atoms with Gasteiger partial charge in [0.15, 0.2) is 5.69 Å². The second kappa shape index (κ2) is 7.26. The van der Waals surface area contributed by atoms with Gasteiger partial charge in [0.2, 0.25) is 0 Å². The average Bonchev–Trinajstić information content (AvgIpc) is 2.99. The van der Waals surface area contributed by atoms with Crippen LogP contribution in [0, 0.1) is 0 Å². The number of nitrogens with zero attached hydrogens (tertiary/aromatic N) is 2. The molecule has 0 saturated heterocycles. The number of hydrogen-bond acceptors (Lipinski definition) is 3. The molecule has 0 amide bonds. The number of benzene rings is 2. The SMILES string of the molecule is CCOC(=O)c1nc(-c2ccc(C(F)(F)F)cc2)n(C)c1-c1ccccc1. The number of carbonyl (C=O) groups excluding carboxylic acids is 1. The van der Waals surface area contributed by atoms with Crippen molar-refractivity contribution in [2.24, 2.45) is 7.05 Å². The van der Waals surface area contributed by atoms with Gasteiger partial charge in [-0.3, -0.25) is 0 Å². The van der Waals surface area contributed by atoms with Crippen LogP contribution < -0.4 is 0 Å². The minimum Gasteiger partial charge on any atom is -0.461 e. The summed E-state index contributed by atoms with van der Waals surface area (Å²) < 4.78 is 45.2. The van der Waals surface area contributed by atoms with Crippen molar-refractivity contribution in [2.45, 2.75) is 13.1 Å². The first-order valence-corrected chi connectivity index (χ1v) is 8.29. The highest BCUT2D eigenvalue weighted by molar-refractivity contribution is 5.95. The maximum absolute atomic E-state index is 12.8. The Labute approximate surface area is 154 Å². The highest BCUT2D eigenvalue weighted by Gasteiger charge is 2.30. The standard InChI is InChI=1S/C20H17F3N2O2/c1-3-27-19(26)16-17(13-7-5-4-6-8-13)25(2)18(24-16)14-9-11-15(12-10-14)20(21,22)23/h4-12H,3H2,1-2H3. The summed E-state index contributed by atoms with van der Waals surface area (Å²) in [6.45, 7) is 1.89. The Kier molecular flexibility index (Phi) is 5.03. The summed E-state index contributed by atoms with van der Waals surface area (Å²) in [7, 11) is 1.71. The molecule has 140 valence electrons. The number of aromatic nitrogens is 2. The van der Waals surface area contributed by atoms with E-state index in [4.69, 9.17) is 4.74 Å². The van der Waals surface area contributed by atoms with Crippen molar-refractivity contribution in [3.8, 4) is 22.6 Å². The number of rotatable bonds is 4. The van der Waals surface area contributed by atoms with Crippen LogP contribution >= 0.6 is 0 Å². The Hall–Kier alpha value is -3.09. The predicted molar refractivity (Wildman–Crippen MR) is 95.0 cm³/mol. The molecule has 0 saturated carbocycles. The summed E-state index contributed by atoms with van der Waals surface area (Å²) >= 11 is 0. The topological polar surface area (TPSA) is 44.1 Å². The second-order valence-corrected chi connectivity index (χ2v) is 5.85. The lowest BCUT2D eigenvalue weighted by molar-refractivity contribution is -0.137. The van der Waals surface area contributed by atoms with Crippen molar-refractivity contribution < 1.29 is 22.7 Å². The number of esters is 1. The summed E-state index contributed by atoms with van der Waals surface area (Å²) in [6, 6.07) is 13.8. The second-order valence-electron chi connectivity index (χ2n) is 5.85. The van der Waals surface area contributed by atoms with Gasteiger partial charge in [-0.1, -0.05) is 42.5 Å². The molecule has 2 aromatic carbocycles. The van der Waals surface area contributed by atoms with Gasteiger partial charge in [-0.15, -0.1) is 0 Å². The van der Waals surface area contributed by atoms with Gasteiger partial charge in [-0.25, -0.2) is 9.78 Å². The van der Waals surface area contributed by atoms with Crippen LogP contribution in [0.1, 0.15) is 23.0 Å². The van der Waals surface area contributed by atoms with E-state index in [9.17, 15) is 18.0 Å². The highest BCUT2D eigenvalue weighted by atomic mass is 19.4. The zero-order valence-corrected chi connectivity index (χ0v) is 14.7. The highest BCUT2D eigenvalue weighted by Crippen LogP contribution is 2.33. The van der Waals surface area contributed by atoms with Crippen molar-refractivity contribution in [1.29, 1.82) is 0 Å². The molecule has 1 aromatic heterocycles. The van der Waals surface area contributed by atoms with Crippen LogP contribution in [0.5, 0.6) is 0 Å². The van der Waals surface area contributed by atoms with Crippen LogP contribution in [-0.2, 0) is 18.0 Å². The third kappa shape index (κ3) is 3.72. The smallest absolute Gasteiger partial charge is 0.416 e. The summed E-state index contributed by atoms with van der Waals surface area (Å²) in [5.74, 6) is -0.198. The minimum atomic E-state index is -4.41. The van der Waals surface area contributed by atoms with Crippen LogP contribution in [-0.4, -0.2) is 22.1 Å². The summed E-state index contributed by atoms with van der Waals surface area (Å²) in [5.41, 5.74) is 1.16. The van der Waals surface area contributed by atoms with Crippen molar-refractivity contribution in [3.63, 3.8) is 0 Å². The first-order chi connectivity index (χ1) is 12.8. The molecule has 0 spiro atoms. The van der Waals surface area contributed by atoms with Crippen LogP contribution in [0.3, 0.4) is 0 Å². The average molecular weight is 374 g/mol. The van der Waals surface area contributed by atoms with Gasteiger partial charge in [0, 0.05) is 18.2 Å². The maximum Gasteiger partial charge on any atom is 0.416 e. The molecule has 0 unspecified atom stereocenters. The molecule has 0 N–H and O–H groups in total. The zero-order chi connectivity index (χ0) is 19.6. The van der Waals surface area contributed by atoms with E-state index in [1.54, 1.807) is 18.5 Å². The van der Waals surface area contributed by atoms with Crippen LogP contribution in [0.4, 0.5) is 13.2 Å². The third-order valence-corrected chi connectivity index (χ3v) is 4.08. The molecular formula is C20H17F3N2O2.